The molecule has 1 aliphatic rings. The molecule has 20 heavy (non-hydrogen) atoms. The van der Waals surface area contributed by atoms with Gasteiger partial charge in [0.2, 0.25) is 0 Å². The van der Waals surface area contributed by atoms with Crippen molar-refractivity contribution in [3.05, 3.63) is 24.3 Å². The van der Waals surface area contributed by atoms with Crippen LogP contribution in [-0.4, -0.2) is 53.0 Å². The molecule has 1 saturated heterocycles. The fourth-order valence-electron chi connectivity index (χ4n) is 2.29. The van der Waals surface area contributed by atoms with Gasteiger partial charge >= 0.3 is 6.09 Å². The van der Waals surface area contributed by atoms with Crippen molar-refractivity contribution in [2.75, 3.05) is 51.8 Å². The van der Waals surface area contributed by atoms with Gasteiger partial charge in [0.1, 0.15) is 5.69 Å². The predicted molar refractivity (Wildman–Crippen MR) is 81.2 cm³/mol. The van der Waals surface area contributed by atoms with Gasteiger partial charge in [-0.25, -0.2) is 5.32 Å². The zero-order valence-electron chi connectivity index (χ0n) is 12.5. The second-order valence-corrected chi connectivity index (χ2v) is 5.33. The topological polar surface area (TPSA) is 43.6 Å². The molecule has 1 amide bonds. The van der Waals surface area contributed by atoms with E-state index in [9.17, 15) is 4.79 Å². The lowest BCUT2D eigenvalue weighted by molar-refractivity contribution is 0.124. The molecule has 0 N–H and O–H groups in total. The van der Waals surface area contributed by atoms with Crippen LogP contribution in [0.3, 0.4) is 0 Å². The first-order chi connectivity index (χ1) is 9.55. The lowest BCUT2D eigenvalue weighted by Crippen LogP contribution is -2.47. The van der Waals surface area contributed by atoms with Crippen LogP contribution in [-0.2, 0) is 4.74 Å². The Morgan fingerprint density at radius 1 is 1.35 bits per heavy atom. The van der Waals surface area contributed by atoms with Gasteiger partial charge in [0, 0.05) is 37.9 Å². The second kappa shape index (κ2) is 6.24. The first-order valence-electron chi connectivity index (χ1n) is 7.06. The Balaban J connectivity index is 2.22. The van der Waals surface area contributed by atoms with Gasteiger partial charge in [-0.1, -0.05) is 6.07 Å². The number of piperazine rings is 1. The Kier molecular flexibility index (Phi) is 4.62. The van der Waals surface area contributed by atoms with Crippen molar-refractivity contribution in [3.63, 3.8) is 0 Å². The summed E-state index contributed by atoms with van der Waals surface area (Å²) in [4.78, 5) is 14.4. The van der Waals surface area contributed by atoms with Crippen LogP contribution in [0.4, 0.5) is 16.2 Å². The molecule has 2 rings (SSSR count). The average Bonchev–Trinajstić information content (AvgIpc) is 2.48. The summed E-state index contributed by atoms with van der Waals surface area (Å²) in [5.41, 5.74) is 2.08. The summed E-state index contributed by atoms with van der Waals surface area (Å²) < 4.78 is 5.25. The molecule has 1 radical (unpaired) electrons. The minimum atomic E-state index is -0.238. The second-order valence-electron chi connectivity index (χ2n) is 5.33. The van der Waals surface area contributed by atoms with Crippen LogP contribution >= 0.6 is 0 Å². The summed E-state index contributed by atoms with van der Waals surface area (Å²) in [6, 6.07) is 8.12. The normalized spacial score (nSPS) is 16.1. The van der Waals surface area contributed by atoms with Crippen LogP contribution in [0.25, 0.3) is 0 Å². The molecule has 5 nitrogen and oxygen atoms in total. The fourth-order valence-corrected chi connectivity index (χ4v) is 2.29. The lowest BCUT2D eigenvalue weighted by Gasteiger charge is -2.30. The van der Waals surface area contributed by atoms with Crippen LogP contribution < -0.4 is 14.7 Å². The monoisotopic (exact) mass is 277 g/mol. The van der Waals surface area contributed by atoms with E-state index in [1.807, 2.05) is 33.2 Å². The molecule has 1 aliphatic heterocycles. The SMILES string of the molecule is CCOC(=O)[N+](C)(C)c1cccc(N2CC[N]CC2)c1. The predicted octanol–water partition coefficient (Wildman–Crippen LogP) is 1.83. The number of carbonyl (C=O) groups is 1. The molecule has 1 aromatic rings. The number of quaternary nitrogens is 1. The van der Waals surface area contributed by atoms with Gasteiger partial charge in [-0.05, 0) is 19.1 Å². The first-order valence-corrected chi connectivity index (χ1v) is 7.06. The number of hydrogen-bond donors (Lipinski definition) is 0. The number of carbonyl (C=O) groups excluding carboxylic acids is 1. The van der Waals surface area contributed by atoms with E-state index in [-0.39, 0.29) is 10.6 Å². The molecule has 0 spiro atoms. The Labute approximate surface area is 120 Å². The highest BCUT2D eigenvalue weighted by Gasteiger charge is 2.31. The van der Waals surface area contributed by atoms with Crippen LogP contribution in [0.15, 0.2) is 24.3 Å². The molecular formula is C15H23N3O2+. The number of benzene rings is 1. The number of anilines is 1. The van der Waals surface area contributed by atoms with Crippen molar-refractivity contribution in [2.45, 2.75) is 6.92 Å². The van der Waals surface area contributed by atoms with E-state index in [0.29, 0.717) is 6.61 Å². The molecule has 1 aromatic carbocycles. The smallest absolute Gasteiger partial charge is 0.420 e. The van der Waals surface area contributed by atoms with Crippen molar-refractivity contribution >= 4 is 17.5 Å². The minimum Gasteiger partial charge on any atom is -0.420 e. The van der Waals surface area contributed by atoms with Crippen molar-refractivity contribution < 1.29 is 9.53 Å². The maximum atomic E-state index is 12.1. The largest absolute Gasteiger partial charge is 0.520 e. The van der Waals surface area contributed by atoms with E-state index < -0.39 is 0 Å². The molecule has 0 unspecified atom stereocenters. The summed E-state index contributed by atoms with van der Waals surface area (Å²) >= 11 is 0. The Morgan fingerprint density at radius 2 is 2.05 bits per heavy atom. The number of nitrogens with zero attached hydrogens (tertiary/aromatic N) is 3. The third-order valence-corrected chi connectivity index (χ3v) is 3.62. The van der Waals surface area contributed by atoms with Gasteiger partial charge < -0.3 is 9.64 Å². The number of amides is 1. The molecule has 0 atom stereocenters. The van der Waals surface area contributed by atoms with Crippen molar-refractivity contribution in [1.82, 2.24) is 9.80 Å². The zero-order valence-corrected chi connectivity index (χ0v) is 12.5. The molecule has 0 bridgehead atoms. The highest BCUT2D eigenvalue weighted by molar-refractivity contribution is 5.82. The van der Waals surface area contributed by atoms with E-state index in [1.54, 1.807) is 0 Å². The minimum absolute atomic E-state index is 0.0971. The van der Waals surface area contributed by atoms with Crippen LogP contribution in [0.5, 0.6) is 0 Å². The molecule has 5 heteroatoms. The highest BCUT2D eigenvalue weighted by Crippen LogP contribution is 2.26. The average molecular weight is 277 g/mol. The van der Waals surface area contributed by atoms with Crippen LogP contribution in [0.1, 0.15) is 6.92 Å². The molecule has 1 fully saturated rings. The Hall–Kier alpha value is -1.59. The molecule has 0 aromatic heterocycles. The van der Waals surface area contributed by atoms with Gasteiger partial charge in [0.15, 0.2) is 0 Å². The van der Waals surface area contributed by atoms with Crippen molar-refractivity contribution in [2.24, 2.45) is 0 Å². The highest BCUT2D eigenvalue weighted by atomic mass is 16.6. The summed E-state index contributed by atoms with van der Waals surface area (Å²) in [5.74, 6) is 0. The van der Waals surface area contributed by atoms with Crippen molar-refractivity contribution in [1.29, 1.82) is 0 Å². The van der Waals surface area contributed by atoms with E-state index in [1.165, 1.54) is 0 Å². The van der Waals surface area contributed by atoms with Gasteiger partial charge in [-0.2, -0.15) is 9.28 Å². The summed E-state index contributed by atoms with van der Waals surface area (Å²) in [6.45, 7) is 5.85. The fraction of sp³-hybridized carbons (Fsp3) is 0.533. The van der Waals surface area contributed by atoms with Crippen molar-refractivity contribution in [3.8, 4) is 0 Å². The quantitative estimate of drug-likeness (QED) is 0.792. The summed E-state index contributed by atoms with van der Waals surface area (Å²) in [7, 11) is 3.70. The van der Waals surface area contributed by atoms with Gasteiger partial charge in [0.25, 0.3) is 0 Å². The summed E-state index contributed by atoms with van der Waals surface area (Å²) in [5, 5.41) is 4.36. The Bertz CT molecular complexity index is 468. The lowest BCUT2D eigenvalue weighted by atomic mass is 10.2. The maximum absolute atomic E-state index is 12.1. The van der Waals surface area contributed by atoms with Gasteiger partial charge in [0.05, 0.1) is 20.7 Å². The van der Waals surface area contributed by atoms with Crippen LogP contribution in [0, 0.1) is 0 Å². The zero-order chi connectivity index (χ0) is 14.6. The van der Waals surface area contributed by atoms with E-state index in [4.69, 9.17) is 4.74 Å². The van der Waals surface area contributed by atoms with E-state index >= 15 is 0 Å². The third kappa shape index (κ3) is 3.11. The molecular weight excluding hydrogens is 254 g/mol. The summed E-state index contributed by atoms with van der Waals surface area (Å²) in [6.07, 6.45) is -0.238. The molecule has 109 valence electrons. The van der Waals surface area contributed by atoms with E-state index in [0.717, 1.165) is 37.6 Å². The maximum Gasteiger partial charge on any atom is 0.520 e. The van der Waals surface area contributed by atoms with Crippen LogP contribution in [0.2, 0.25) is 0 Å². The Morgan fingerprint density at radius 3 is 2.70 bits per heavy atom. The van der Waals surface area contributed by atoms with E-state index in [2.05, 4.69) is 22.3 Å². The molecule has 0 saturated carbocycles. The first kappa shape index (κ1) is 14.8. The number of rotatable bonds is 3. The number of hydrogen-bond acceptors (Lipinski definition) is 3. The third-order valence-electron chi connectivity index (χ3n) is 3.62. The van der Waals surface area contributed by atoms with Gasteiger partial charge in [-0.3, -0.25) is 0 Å². The number of ether oxygens (including phenoxy) is 1. The molecule has 0 aliphatic carbocycles. The molecule has 1 heterocycles. The van der Waals surface area contributed by atoms with Gasteiger partial charge in [-0.15, -0.1) is 0 Å². The standard InChI is InChI=1S/C15H23N3O2/c1-4-20-15(19)18(2,3)14-7-5-6-13(12-14)17-10-8-16-9-11-17/h5-7,12H,4,8-11H2,1-3H3/q+1.